The molecule has 152 valence electrons. The van der Waals surface area contributed by atoms with Crippen LogP contribution in [-0.4, -0.2) is 32.2 Å². The standard InChI is InChI=1S/C21H30N4O2S/c1-12(2)10-25-20(8-7-19(22)27)23-24-21(25)28-11-18(26)17-9-13(3)14(4)15(5)16(17)6/h9,12H,7-8,10-11H2,1-6H3,(H2,22,27). The van der Waals surface area contributed by atoms with Crippen LogP contribution in [0.15, 0.2) is 11.2 Å². The Morgan fingerprint density at radius 3 is 2.39 bits per heavy atom. The summed E-state index contributed by atoms with van der Waals surface area (Å²) in [6.45, 7) is 13.1. The molecule has 1 amide bonds. The van der Waals surface area contributed by atoms with Gasteiger partial charge >= 0.3 is 0 Å². The van der Waals surface area contributed by atoms with Crippen molar-refractivity contribution in [1.82, 2.24) is 14.8 Å². The van der Waals surface area contributed by atoms with Crippen molar-refractivity contribution in [3.63, 3.8) is 0 Å². The first-order valence-electron chi connectivity index (χ1n) is 9.55. The Morgan fingerprint density at radius 1 is 1.11 bits per heavy atom. The van der Waals surface area contributed by atoms with E-state index in [-0.39, 0.29) is 18.1 Å². The number of nitrogens with two attached hydrogens (primary N) is 1. The van der Waals surface area contributed by atoms with Crippen molar-refractivity contribution in [2.75, 3.05) is 5.75 Å². The van der Waals surface area contributed by atoms with Gasteiger partial charge in [0.2, 0.25) is 5.91 Å². The lowest BCUT2D eigenvalue weighted by Gasteiger charge is -2.14. The Hall–Kier alpha value is -2.15. The maximum absolute atomic E-state index is 12.9. The number of carbonyl (C=O) groups excluding carboxylic acids is 2. The first-order valence-corrected chi connectivity index (χ1v) is 10.5. The Labute approximate surface area is 171 Å². The van der Waals surface area contributed by atoms with E-state index in [0.717, 1.165) is 29.1 Å². The number of benzene rings is 1. The van der Waals surface area contributed by atoms with E-state index in [2.05, 4.69) is 37.9 Å². The van der Waals surface area contributed by atoms with Crippen LogP contribution in [0.3, 0.4) is 0 Å². The van der Waals surface area contributed by atoms with Crippen LogP contribution >= 0.6 is 11.8 Å². The van der Waals surface area contributed by atoms with Crippen molar-refractivity contribution in [3.05, 3.63) is 39.7 Å². The number of Topliss-reactive ketones (excluding diaryl/α,β-unsaturated/α-hetero) is 1. The van der Waals surface area contributed by atoms with E-state index < -0.39 is 0 Å². The summed E-state index contributed by atoms with van der Waals surface area (Å²) < 4.78 is 2.00. The van der Waals surface area contributed by atoms with Gasteiger partial charge in [-0.25, -0.2) is 0 Å². The Balaban J connectivity index is 2.20. The van der Waals surface area contributed by atoms with Crippen molar-refractivity contribution < 1.29 is 9.59 Å². The average molecular weight is 403 g/mol. The molecule has 0 spiro atoms. The topological polar surface area (TPSA) is 90.9 Å². The number of ketones is 1. The maximum atomic E-state index is 12.9. The molecule has 0 aliphatic carbocycles. The summed E-state index contributed by atoms with van der Waals surface area (Å²) in [6, 6.07) is 1.98. The average Bonchev–Trinajstić information content (AvgIpc) is 3.00. The highest BCUT2D eigenvalue weighted by Gasteiger charge is 2.18. The molecule has 0 radical (unpaired) electrons. The fourth-order valence-corrected chi connectivity index (χ4v) is 3.95. The molecule has 6 nitrogen and oxygen atoms in total. The third kappa shape index (κ3) is 5.22. The van der Waals surface area contributed by atoms with Crippen molar-refractivity contribution in [3.8, 4) is 0 Å². The van der Waals surface area contributed by atoms with Gasteiger partial charge in [-0.05, 0) is 61.9 Å². The first-order chi connectivity index (χ1) is 13.1. The van der Waals surface area contributed by atoms with Crippen molar-refractivity contribution in [2.24, 2.45) is 11.7 Å². The Kier molecular flexibility index (Phi) is 7.41. The Morgan fingerprint density at radius 2 is 1.79 bits per heavy atom. The van der Waals surface area contributed by atoms with Gasteiger partial charge in [0.1, 0.15) is 5.82 Å². The SMILES string of the molecule is Cc1cc(C(=O)CSc2nnc(CCC(N)=O)n2CC(C)C)c(C)c(C)c1C. The van der Waals surface area contributed by atoms with Crippen LogP contribution in [0.5, 0.6) is 0 Å². The smallest absolute Gasteiger partial charge is 0.217 e. The van der Waals surface area contributed by atoms with E-state index >= 15 is 0 Å². The van der Waals surface area contributed by atoms with Crippen molar-refractivity contribution >= 4 is 23.5 Å². The number of carbonyl (C=O) groups is 2. The van der Waals surface area contributed by atoms with E-state index in [1.807, 2.05) is 24.5 Å². The molecule has 0 aliphatic heterocycles. The van der Waals surface area contributed by atoms with Crippen LogP contribution in [0, 0.1) is 33.6 Å². The lowest BCUT2D eigenvalue weighted by molar-refractivity contribution is -0.118. The molecule has 2 N–H and O–H groups in total. The van der Waals surface area contributed by atoms with Crippen LogP contribution in [0.1, 0.15) is 58.7 Å². The van der Waals surface area contributed by atoms with Crippen LogP contribution in [0.2, 0.25) is 0 Å². The quantitative estimate of drug-likeness (QED) is 0.511. The zero-order valence-corrected chi connectivity index (χ0v) is 18.4. The van der Waals surface area contributed by atoms with Crippen LogP contribution in [0.25, 0.3) is 0 Å². The fourth-order valence-electron chi connectivity index (χ4n) is 3.10. The predicted molar refractivity (Wildman–Crippen MR) is 113 cm³/mol. The molecular weight excluding hydrogens is 372 g/mol. The van der Waals surface area contributed by atoms with Gasteiger partial charge in [-0.1, -0.05) is 25.6 Å². The van der Waals surface area contributed by atoms with Gasteiger partial charge in [-0.15, -0.1) is 10.2 Å². The number of hydrogen-bond donors (Lipinski definition) is 1. The molecule has 7 heteroatoms. The molecule has 0 unspecified atom stereocenters. The number of hydrogen-bond acceptors (Lipinski definition) is 5. The molecule has 1 aromatic carbocycles. The normalized spacial score (nSPS) is 11.2. The van der Waals surface area contributed by atoms with Crippen LogP contribution < -0.4 is 5.73 Å². The highest BCUT2D eigenvalue weighted by atomic mass is 32.2. The summed E-state index contributed by atoms with van der Waals surface area (Å²) in [6.07, 6.45) is 0.694. The van der Waals surface area contributed by atoms with E-state index in [1.54, 1.807) is 0 Å². The third-order valence-electron chi connectivity index (χ3n) is 5.05. The molecule has 28 heavy (non-hydrogen) atoms. The summed E-state index contributed by atoms with van der Waals surface area (Å²) in [5, 5.41) is 9.19. The number of amides is 1. The van der Waals surface area contributed by atoms with Crippen molar-refractivity contribution in [1.29, 1.82) is 0 Å². The minimum atomic E-state index is -0.357. The zero-order valence-electron chi connectivity index (χ0n) is 17.6. The zero-order chi connectivity index (χ0) is 21.0. The first kappa shape index (κ1) is 22.1. The number of thioether (sulfide) groups is 1. The number of aromatic nitrogens is 3. The van der Waals surface area contributed by atoms with Crippen LogP contribution in [0.4, 0.5) is 0 Å². The van der Waals surface area contributed by atoms with E-state index in [0.29, 0.717) is 23.2 Å². The van der Waals surface area contributed by atoms with E-state index in [4.69, 9.17) is 5.73 Å². The highest BCUT2D eigenvalue weighted by Crippen LogP contribution is 2.25. The minimum absolute atomic E-state index is 0.0893. The van der Waals surface area contributed by atoms with Gasteiger partial charge in [0.25, 0.3) is 0 Å². The third-order valence-corrected chi connectivity index (χ3v) is 6.02. The molecule has 1 aromatic heterocycles. The van der Waals surface area contributed by atoms with E-state index in [1.165, 1.54) is 22.9 Å². The molecule has 0 aliphatic rings. The molecule has 2 rings (SSSR count). The molecule has 1 heterocycles. The minimum Gasteiger partial charge on any atom is -0.370 e. The highest BCUT2D eigenvalue weighted by molar-refractivity contribution is 7.99. The Bertz CT molecular complexity index is 887. The van der Waals surface area contributed by atoms with Gasteiger partial charge in [-0.3, -0.25) is 9.59 Å². The second kappa shape index (κ2) is 9.37. The second-order valence-electron chi connectivity index (χ2n) is 7.70. The molecule has 0 saturated carbocycles. The van der Waals surface area contributed by atoms with Gasteiger partial charge in [0, 0.05) is 24.9 Å². The lowest BCUT2D eigenvalue weighted by atomic mass is 9.93. The summed E-state index contributed by atoms with van der Waals surface area (Å²) in [5.41, 5.74) is 10.6. The van der Waals surface area contributed by atoms with Gasteiger partial charge in [-0.2, -0.15) is 0 Å². The fraction of sp³-hybridized carbons (Fsp3) is 0.524. The predicted octanol–water partition coefficient (Wildman–Crippen LogP) is 3.56. The van der Waals surface area contributed by atoms with Gasteiger partial charge in [0.15, 0.2) is 10.9 Å². The second-order valence-corrected chi connectivity index (χ2v) is 8.64. The largest absolute Gasteiger partial charge is 0.370 e. The summed E-state index contributed by atoms with van der Waals surface area (Å²) in [4.78, 5) is 24.0. The van der Waals surface area contributed by atoms with Crippen molar-refractivity contribution in [2.45, 2.75) is 66.1 Å². The molecule has 0 bridgehead atoms. The number of primary amides is 1. The monoisotopic (exact) mass is 402 g/mol. The number of aryl methyl sites for hydroxylation is 2. The van der Waals surface area contributed by atoms with Gasteiger partial charge < -0.3 is 10.3 Å². The molecule has 0 atom stereocenters. The molecule has 2 aromatic rings. The number of rotatable bonds is 9. The van der Waals surface area contributed by atoms with E-state index in [9.17, 15) is 9.59 Å². The summed E-state index contributed by atoms with van der Waals surface area (Å²) in [5.74, 6) is 1.16. The van der Waals surface area contributed by atoms with Gasteiger partial charge in [0.05, 0.1) is 5.75 Å². The maximum Gasteiger partial charge on any atom is 0.217 e. The summed E-state index contributed by atoms with van der Waals surface area (Å²) >= 11 is 1.40. The molecule has 0 saturated heterocycles. The lowest BCUT2D eigenvalue weighted by Crippen LogP contribution is -2.15. The van der Waals surface area contributed by atoms with Crippen LogP contribution in [-0.2, 0) is 17.8 Å². The molecule has 0 fully saturated rings. The summed E-state index contributed by atoms with van der Waals surface area (Å²) in [7, 11) is 0. The number of nitrogens with zero attached hydrogens (tertiary/aromatic N) is 3. The molecular formula is C21H30N4O2S.